The first-order valence-electron chi connectivity index (χ1n) is 7.81. The highest BCUT2D eigenvalue weighted by molar-refractivity contribution is 5.85. The number of amides is 2. The van der Waals surface area contributed by atoms with Crippen LogP contribution in [-0.4, -0.2) is 60.9 Å². The van der Waals surface area contributed by atoms with Crippen molar-refractivity contribution in [3.05, 3.63) is 0 Å². The molecule has 2 amide bonds. The zero-order valence-corrected chi connectivity index (χ0v) is 12.7. The van der Waals surface area contributed by atoms with Crippen LogP contribution >= 0.6 is 0 Å². The molecule has 0 saturated carbocycles. The summed E-state index contributed by atoms with van der Waals surface area (Å²) in [5.74, 6) is 1.32. The van der Waals surface area contributed by atoms with Gasteiger partial charge in [0.2, 0.25) is 11.8 Å². The molecule has 2 atom stereocenters. The maximum absolute atomic E-state index is 11.9. The van der Waals surface area contributed by atoms with Crippen molar-refractivity contribution in [3.8, 4) is 0 Å². The number of hydrogen-bond donors (Lipinski definition) is 1. The maximum atomic E-state index is 11.9. The summed E-state index contributed by atoms with van der Waals surface area (Å²) in [4.78, 5) is 27.8. The highest BCUT2D eigenvalue weighted by Crippen LogP contribution is 2.20. The molecule has 0 bridgehead atoms. The molecule has 5 nitrogen and oxygen atoms in total. The number of carbonyl (C=O) groups is 2. The van der Waals surface area contributed by atoms with Gasteiger partial charge in [-0.05, 0) is 31.1 Å². The molecule has 114 valence electrons. The molecule has 20 heavy (non-hydrogen) atoms. The topological polar surface area (TPSA) is 52.7 Å². The Hall–Kier alpha value is -1.10. The Kier molecular flexibility index (Phi) is 5.40. The Labute approximate surface area is 121 Å². The molecule has 2 unspecified atom stereocenters. The van der Waals surface area contributed by atoms with Gasteiger partial charge < -0.3 is 10.2 Å². The van der Waals surface area contributed by atoms with E-state index < -0.39 is 0 Å². The molecule has 0 radical (unpaired) electrons. The molecule has 2 rings (SSSR count). The first-order valence-corrected chi connectivity index (χ1v) is 7.81. The van der Waals surface area contributed by atoms with Gasteiger partial charge in [0.15, 0.2) is 0 Å². The van der Waals surface area contributed by atoms with Crippen LogP contribution < -0.4 is 5.32 Å². The third-order valence-electron chi connectivity index (χ3n) is 4.21. The number of hydrogen-bond acceptors (Lipinski definition) is 3. The van der Waals surface area contributed by atoms with Gasteiger partial charge in [-0.15, -0.1) is 0 Å². The Morgan fingerprint density at radius 1 is 1.10 bits per heavy atom. The molecule has 0 aliphatic carbocycles. The van der Waals surface area contributed by atoms with E-state index in [1.54, 1.807) is 0 Å². The van der Waals surface area contributed by atoms with Gasteiger partial charge in [0.05, 0.1) is 13.1 Å². The van der Waals surface area contributed by atoms with Crippen LogP contribution in [0.1, 0.15) is 33.1 Å². The molecule has 2 saturated heterocycles. The summed E-state index contributed by atoms with van der Waals surface area (Å²) >= 11 is 0. The number of rotatable bonds is 4. The molecule has 2 aliphatic heterocycles. The quantitative estimate of drug-likeness (QED) is 0.825. The van der Waals surface area contributed by atoms with E-state index in [-0.39, 0.29) is 18.4 Å². The number of piperidine rings is 1. The normalized spacial score (nSPS) is 27.6. The SMILES string of the molecule is CC1CC(C)CN(CC(=O)NCC(=O)N2CCCC2)C1. The Balaban J connectivity index is 1.68. The molecule has 2 aliphatic rings. The Morgan fingerprint density at radius 2 is 1.70 bits per heavy atom. The molecular weight excluding hydrogens is 254 g/mol. The van der Waals surface area contributed by atoms with Crippen LogP contribution in [0.15, 0.2) is 0 Å². The minimum absolute atomic E-state index is 0.0288. The van der Waals surface area contributed by atoms with Crippen molar-refractivity contribution in [1.29, 1.82) is 0 Å². The smallest absolute Gasteiger partial charge is 0.241 e. The predicted molar refractivity (Wildman–Crippen MR) is 78.2 cm³/mol. The standard InChI is InChI=1S/C15H27N3O2/c1-12-7-13(2)10-17(9-12)11-14(19)16-8-15(20)18-5-3-4-6-18/h12-13H,3-11H2,1-2H3,(H,16,19). The van der Waals surface area contributed by atoms with E-state index in [4.69, 9.17) is 0 Å². The van der Waals surface area contributed by atoms with Crippen molar-refractivity contribution in [3.63, 3.8) is 0 Å². The highest BCUT2D eigenvalue weighted by Gasteiger charge is 2.24. The van der Waals surface area contributed by atoms with Gasteiger partial charge in [-0.1, -0.05) is 13.8 Å². The van der Waals surface area contributed by atoms with E-state index in [9.17, 15) is 9.59 Å². The molecule has 0 spiro atoms. The third kappa shape index (κ3) is 4.47. The van der Waals surface area contributed by atoms with Gasteiger partial charge in [0, 0.05) is 26.2 Å². The summed E-state index contributed by atoms with van der Waals surface area (Å²) in [6.07, 6.45) is 3.41. The van der Waals surface area contributed by atoms with Gasteiger partial charge >= 0.3 is 0 Å². The lowest BCUT2D eigenvalue weighted by atomic mass is 9.92. The zero-order chi connectivity index (χ0) is 14.5. The summed E-state index contributed by atoms with van der Waals surface area (Å²) in [7, 11) is 0. The Bertz CT molecular complexity index is 343. The van der Waals surface area contributed by atoms with Crippen molar-refractivity contribution in [2.75, 3.05) is 39.3 Å². The van der Waals surface area contributed by atoms with E-state index in [1.165, 1.54) is 6.42 Å². The fourth-order valence-corrected chi connectivity index (χ4v) is 3.43. The third-order valence-corrected chi connectivity index (χ3v) is 4.21. The predicted octanol–water partition coefficient (Wildman–Crippen LogP) is 0.703. The van der Waals surface area contributed by atoms with Gasteiger partial charge in [0.25, 0.3) is 0 Å². The lowest BCUT2D eigenvalue weighted by Crippen LogP contribution is -2.46. The van der Waals surface area contributed by atoms with Crippen LogP contribution in [-0.2, 0) is 9.59 Å². The van der Waals surface area contributed by atoms with E-state index in [0.717, 1.165) is 39.0 Å². The summed E-state index contributed by atoms with van der Waals surface area (Å²) in [6.45, 7) is 8.69. The van der Waals surface area contributed by atoms with Gasteiger partial charge in [-0.3, -0.25) is 14.5 Å². The van der Waals surface area contributed by atoms with Crippen molar-refractivity contribution in [2.45, 2.75) is 33.1 Å². The maximum Gasteiger partial charge on any atom is 0.241 e. The molecule has 2 heterocycles. The molecule has 0 aromatic carbocycles. The van der Waals surface area contributed by atoms with Crippen LogP contribution in [0.25, 0.3) is 0 Å². The summed E-state index contributed by atoms with van der Waals surface area (Å²) in [5.41, 5.74) is 0. The van der Waals surface area contributed by atoms with Crippen LogP contribution in [0, 0.1) is 11.8 Å². The highest BCUT2D eigenvalue weighted by atomic mass is 16.2. The lowest BCUT2D eigenvalue weighted by molar-refractivity contribution is -0.132. The molecule has 1 N–H and O–H groups in total. The number of carbonyl (C=O) groups excluding carboxylic acids is 2. The lowest BCUT2D eigenvalue weighted by Gasteiger charge is -2.34. The Morgan fingerprint density at radius 3 is 2.30 bits per heavy atom. The van der Waals surface area contributed by atoms with Crippen molar-refractivity contribution in [1.82, 2.24) is 15.1 Å². The summed E-state index contributed by atoms with van der Waals surface area (Å²) < 4.78 is 0. The second-order valence-electron chi connectivity index (χ2n) is 6.50. The second kappa shape index (κ2) is 7.07. The number of nitrogens with zero attached hydrogens (tertiary/aromatic N) is 2. The second-order valence-corrected chi connectivity index (χ2v) is 6.50. The number of likely N-dealkylation sites (tertiary alicyclic amines) is 2. The average Bonchev–Trinajstić information content (AvgIpc) is 2.88. The molecular formula is C15H27N3O2. The van der Waals surface area contributed by atoms with Gasteiger partial charge in [-0.25, -0.2) is 0 Å². The van der Waals surface area contributed by atoms with E-state index in [1.807, 2.05) is 4.90 Å². The van der Waals surface area contributed by atoms with Crippen LogP contribution in [0.4, 0.5) is 0 Å². The molecule has 0 aromatic rings. The van der Waals surface area contributed by atoms with E-state index in [2.05, 4.69) is 24.1 Å². The van der Waals surface area contributed by atoms with Crippen molar-refractivity contribution < 1.29 is 9.59 Å². The molecule has 2 fully saturated rings. The largest absolute Gasteiger partial charge is 0.346 e. The molecule has 0 aromatic heterocycles. The van der Waals surface area contributed by atoms with E-state index >= 15 is 0 Å². The van der Waals surface area contributed by atoms with Gasteiger partial charge in [-0.2, -0.15) is 0 Å². The van der Waals surface area contributed by atoms with Crippen LogP contribution in [0.2, 0.25) is 0 Å². The van der Waals surface area contributed by atoms with Crippen molar-refractivity contribution >= 4 is 11.8 Å². The molecule has 5 heteroatoms. The minimum atomic E-state index is -0.0288. The monoisotopic (exact) mass is 281 g/mol. The zero-order valence-electron chi connectivity index (χ0n) is 12.7. The summed E-state index contributed by atoms with van der Waals surface area (Å²) in [5, 5.41) is 2.76. The minimum Gasteiger partial charge on any atom is -0.346 e. The fraction of sp³-hybridized carbons (Fsp3) is 0.867. The first-order chi connectivity index (χ1) is 9.54. The summed E-state index contributed by atoms with van der Waals surface area (Å²) in [6, 6.07) is 0. The van der Waals surface area contributed by atoms with E-state index in [0.29, 0.717) is 18.4 Å². The number of nitrogens with one attached hydrogen (secondary N) is 1. The fourth-order valence-electron chi connectivity index (χ4n) is 3.43. The van der Waals surface area contributed by atoms with Crippen molar-refractivity contribution in [2.24, 2.45) is 11.8 Å². The van der Waals surface area contributed by atoms with Gasteiger partial charge in [0.1, 0.15) is 0 Å². The average molecular weight is 281 g/mol. The van der Waals surface area contributed by atoms with Crippen LogP contribution in [0.3, 0.4) is 0 Å². The first kappa shape index (κ1) is 15.3. The van der Waals surface area contributed by atoms with Crippen LogP contribution in [0.5, 0.6) is 0 Å².